The molecule has 2 unspecified atom stereocenters. The SMILES string of the molecule is CC1C(C(=O)c2ccccc2)=NN(c2ccccc2)C12Cc1ccccc1C2=O. The van der Waals surface area contributed by atoms with E-state index in [-0.39, 0.29) is 17.5 Å². The Morgan fingerprint density at radius 2 is 1.55 bits per heavy atom. The molecule has 2 atom stereocenters. The maximum absolute atomic E-state index is 13.7. The molecule has 3 aromatic rings. The molecular weight excluding hydrogens is 360 g/mol. The molecule has 0 amide bonds. The Labute approximate surface area is 169 Å². The summed E-state index contributed by atoms with van der Waals surface area (Å²) in [5, 5.41) is 6.55. The van der Waals surface area contributed by atoms with E-state index in [0.29, 0.717) is 17.7 Å². The number of hydrogen-bond donors (Lipinski definition) is 0. The number of rotatable bonds is 3. The molecule has 1 heterocycles. The molecule has 1 aliphatic carbocycles. The number of hydrazone groups is 1. The highest BCUT2D eigenvalue weighted by atomic mass is 16.1. The third kappa shape index (κ3) is 2.49. The monoisotopic (exact) mass is 380 g/mol. The fourth-order valence-corrected chi connectivity index (χ4v) is 4.55. The number of nitrogens with zero attached hydrogens (tertiary/aromatic N) is 2. The normalized spacial score (nSPS) is 22.7. The molecule has 0 fully saturated rings. The number of anilines is 1. The first-order valence-corrected chi connectivity index (χ1v) is 9.79. The molecule has 4 heteroatoms. The van der Waals surface area contributed by atoms with E-state index in [1.165, 1.54) is 0 Å². The summed E-state index contributed by atoms with van der Waals surface area (Å²) < 4.78 is 0. The van der Waals surface area contributed by atoms with Crippen LogP contribution in [0.1, 0.15) is 33.2 Å². The molecule has 2 aliphatic rings. The third-order valence-electron chi connectivity index (χ3n) is 6.10. The number of hydrogen-bond acceptors (Lipinski definition) is 4. The summed E-state index contributed by atoms with van der Waals surface area (Å²) in [4.78, 5) is 27.0. The van der Waals surface area contributed by atoms with Crippen molar-refractivity contribution in [1.29, 1.82) is 0 Å². The molecule has 0 radical (unpaired) electrons. The molecule has 4 nitrogen and oxygen atoms in total. The fraction of sp³-hybridized carbons (Fsp3) is 0.160. The van der Waals surface area contributed by atoms with Crippen molar-refractivity contribution in [2.45, 2.75) is 18.9 Å². The fourth-order valence-electron chi connectivity index (χ4n) is 4.55. The van der Waals surface area contributed by atoms with Gasteiger partial charge in [-0.1, -0.05) is 79.7 Å². The summed E-state index contributed by atoms with van der Waals surface area (Å²) in [7, 11) is 0. The van der Waals surface area contributed by atoms with Crippen LogP contribution in [0.25, 0.3) is 0 Å². The lowest BCUT2D eigenvalue weighted by molar-refractivity contribution is 0.0884. The summed E-state index contributed by atoms with van der Waals surface area (Å²) in [5.74, 6) is -0.431. The van der Waals surface area contributed by atoms with Crippen molar-refractivity contribution in [2.75, 3.05) is 5.01 Å². The van der Waals surface area contributed by atoms with Gasteiger partial charge in [0, 0.05) is 23.5 Å². The van der Waals surface area contributed by atoms with Gasteiger partial charge >= 0.3 is 0 Å². The standard InChI is InChI=1S/C25H20N2O2/c1-17-22(23(28)18-10-4-2-5-11-18)26-27(20-13-6-3-7-14-20)25(17)16-19-12-8-9-15-21(19)24(25)29/h2-15,17H,16H2,1H3. The number of benzene rings is 3. The second kappa shape index (κ2) is 6.52. The average Bonchev–Trinajstić information content (AvgIpc) is 3.24. The largest absolute Gasteiger partial charge is 0.291 e. The van der Waals surface area contributed by atoms with Crippen LogP contribution in [0.5, 0.6) is 0 Å². The Bertz CT molecular complexity index is 1140. The van der Waals surface area contributed by atoms with Gasteiger partial charge in [-0.25, -0.2) is 0 Å². The van der Waals surface area contributed by atoms with Crippen LogP contribution in [0, 0.1) is 5.92 Å². The van der Waals surface area contributed by atoms with E-state index in [0.717, 1.165) is 16.8 Å². The van der Waals surface area contributed by atoms with E-state index in [9.17, 15) is 9.59 Å². The van der Waals surface area contributed by atoms with Gasteiger partial charge in [0.25, 0.3) is 0 Å². The van der Waals surface area contributed by atoms with Crippen molar-refractivity contribution < 1.29 is 9.59 Å². The number of carbonyl (C=O) groups excluding carboxylic acids is 2. The van der Waals surface area contributed by atoms with E-state index in [2.05, 4.69) is 0 Å². The van der Waals surface area contributed by atoms with Gasteiger partial charge in [-0.3, -0.25) is 14.6 Å². The second-order valence-electron chi connectivity index (χ2n) is 7.64. The van der Waals surface area contributed by atoms with Crippen molar-refractivity contribution in [3.05, 3.63) is 102 Å². The number of para-hydroxylation sites is 1. The van der Waals surface area contributed by atoms with E-state index < -0.39 is 5.54 Å². The van der Waals surface area contributed by atoms with E-state index in [4.69, 9.17) is 5.10 Å². The van der Waals surface area contributed by atoms with Crippen molar-refractivity contribution in [3.8, 4) is 0 Å². The van der Waals surface area contributed by atoms with Gasteiger partial charge in [-0.05, 0) is 17.7 Å². The van der Waals surface area contributed by atoms with Crippen LogP contribution in [-0.2, 0) is 6.42 Å². The van der Waals surface area contributed by atoms with Crippen LogP contribution in [0.15, 0.2) is 90.0 Å². The number of carbonyl (C=O) groups is 2. The molecule has 3 aromatic carbocycles. The van der Waals surface area contributed by atoms with Gasteiger partial charge in [0.2, 0.25) is 5.78 Å². The predicted molar refractivity (Wildman–Crippen MR) is 114 cm³/mol. The van der Waals surface area contributed by atoms with Crippen LogP contribution in [0.3, 0.4) is 0 Å². The molecule has 1 aliphatic heterocycles. The lowest BCUT2D eigenvalue weighted by Crippen LogP contribution is -2.53. The van der Waals surface area contributed by atoms with Gasteiger partial charge < -0.3 is 0 Å². The summed E-state index contributed by atoms with van der Waals surface area (Å²) in [6, 6.07) is 26.5. The maximum atomic E-state index is 13.7. The van der Waals surface area contributed by atoms with Gasteiger partial charge in [0.05, 0.1) is 5.69 Å². The van der Waals surface area contributed by atoms with Crippen molar-refractivity contribution in [3.63, 3.8) is 0 Å². The lowest BCUT2D eigenvalue weighted by Gasteiger charge is -2.36. The lowest BCUT2D eigenvalue weighted by atomic mass is 9.77. The molecular formula is C25H20N2O2. The third-order valence-corrected chi connectivity index (χ3v) is 6.10. The predicted octanol–water partition coefficient (Wildman–Crippen LogP) is 4.56. The molecule has 142 valence electrons. The van der Waals surface area contributed by atoms with Crippen LogP contribution in [-0.4, -0.2) is 22.8 Å². The molecule has 0 saturated carbocycles. The minimum Gasteiger partial charge on any atom is -0.291 e. The Morgan fingerprint density at radius 3 is 2.24 bits per heavy atom. The zero-order valence-corrected chi connectivity index (χ0v) is 16.1. The van der Waals surface area contributed by atoms with Crippen molar-refractivity contribution in [1.82, 2.24) is 0 Å². The molecule has 1 spiro atoms. The van der Waals surface area contributed by atoms with Gasteiger partial charge in [-0.15, -0.1) is 0 Å². The minimum absolute atomic E-state index is 0.0315. The zero-order valence-electron chi connectivity index (χ0n) is 16.1. The zero-order chi connectivity index (χ0) is 20.0. The Balaban J connectivity index is 1.66. The quantitative estimate of drug-likeness (QED) is 0.626. The molecule has 29 heavy (non-hydrogen) atoms. The topological polar surface area (TPSA) is 49.7 Å². The molecule has 0 N–H and O–H groups in total. The summed E-state index contributed by atoms with van der Waals surface area (Å²) in [5.41, 5.74) is 2.66. The first kappa shape index (κ1) is 17.6. The average molecular weight is 380 g/mol. The molecule has 0 saturated heterocycles. The highest BCUT2D eigenvalue weighted by Crippen LogP contribution is 2.46. The smallest absolute Gasteiger partial charge is 0.209 e. The number of fused-ring (bicyclic) bond motifs is 1. The maximum Gasteiger partial charge on any atom is 0.209 e. The van der Waals surface area contributed by atoms with Gasteiger partial charge in [0.1, 0.15) is 11.3 Å². The van der Waals surface area contributed by atoms with Crippen molar-refractivity contribution >= 4 is 23.0 Å². The summed E-state index contributed by atoms with van der Waals surface area (Å²) in [6.45, 7) is 1.95. The Hall–Kier alpha value is -3.53. The Kier molecular flexibility index (Phi) is 3.95. The van der Waals surface area contributed by atoms with Crippen LogP contribution in [0.2, 0.25) is 0 Å². The van der Waals surface area contributed by atoms with E-state index in [1.807, 2.05) is 79.7 Å². The highest BCUT2D eigenvalue weighted by molar-refractivity contribution is 6.48. The number of ketones is 2. The summed E-state index contributed by atoms with van der Waals surface area (Å²) in [6.07, 6.45) is 0.535. The van der Waals surface area contributed by atoms with E-state index in [1.54, 1.807) is 17.1 Å². The molecule has 0 aromatic heterocycles. The van der Waals surface area contributed by atoms with Crippen LogP contribution in [0.4, 0.5) is 5.69 Å². The first-order chi connectivity index (χ1) is 14.1. The second-order valence-corrected chi connectivity index (χ2v) is 7.64. The van der Waals surface area contributed by atoms with Crippen molar-refractivity contribution in [2.24, 2.45) is 11.0 Å². The van der Waals surface area contributed by atoms with E-state index >= 15 is 0 Å². The minimum atomic E-state index is -0.912. The van der Waals surface area contributed by atoms with Crippen LogP contribution < -0.4 is 5.01 Å². The Morgan fingerprint density at radius 1 is 0.931 bits per heavy atom. The first-order valence-electron chi connectivity index (χ1n) is 9.79. The van der Waals surface area contributed by atoms with Crippen LogP contribution >= 0.6 is 0 Å². The van der Waals surface area contributed by atoms with Gasteiger partial charge in [-0.2, -0.15) is 5.10 Å². The molecule has 5 rings (SSSR count). The van der Waals surface area contributed by atoms with Gasteiger partial charge in [0.15, 0.2) is 5.78 Å². The molecule has 0 bridgehead atoms. The summed E-state index contributed by atoms with van der Waals surface area (Å²) >= 11 is 0. The highest BCUT2D eigenvalue weighted by Gasteiger charge is 2.59. The number of Topliss-reactive ketones (excluding diaryl/α,β-unsaturated/α-hetero) is 2.